The molecule has 0 spiro atoms. The SMILES string of the molecule is CC(C)(CO)[C@@H](O)C(=O)NCC(=O)O. The third-order valence-corrected chi connectivity index (χ3v) is 1.81. The van der Waals surface area contributed by atoms with Crippen molar-refractivity contribution < 1.29 is 24.9 Å². The van der Waals surface area contributed by atoms with Crippen LogP contribution in [0.2, 0.25) is 0 Å². The van der Waals surface area contributed by atoms with Gasteiger partial charge in [-0.15, -0.1) is 0 Å². The zero-order chi connectivity index (χ0) is 11.4. The predicted octanol–water partition coefficient (Wildman–Crippen LogP) is -1.43. The molecule has 0 bridgehead atoms. The minimum atomic E-state index is -1.42. The maximum atomic E-state index is 11.1. The second-order valence-corrected chi connectivity index (χ2v) is 3.66. The van der Waals surface area contributed by atoms with Gasteiger partial charge in [-0.1, -0.05) is 13.8 Å². The molecule has 6 nitrogen and oxygen atoms in total. The molecule has 0 rings (SSSR count). The number of hydrogen-bond donors (Lipinski definition) is 4. The predicted molar refractivity (Wildman–Crippen MR) is 47.5 cm³/mol. The van der Waals surface area contributed by atoms with E-state index in [1.165, 1.54) is 13.8 Å². The molecular formula is C8H15NO5. The van der Waals surface area contributed by atoms with Gasteiger partial charge in [0.05, 0.1) is 6.61 Å². The molecule has 1 atom stereocenters. The summed E-state index contributed by atoms with van der Waals surface area (Å²) in [5, 5.41) is 28.5. The molecule has 0 aromatic rings. The molecular weight excluding hydrogens is 190 g/mol. The molecule has 0 saturated carbocycles. The van der Waals surface area contributed by atoms with Crippen molar-refractivity contribution in [2.24, 2.45) is 5.41 Å². The number of rotatable bonds is 5. The summed E-state index contributed by atoms with van der Waals surface area (Å²) in [5.74, 6) is -1.99. The van der Waals surface area contributed by atoms with Gasteiger partial charge in [0.1, 0.15) is 12.6 Å². The van der Waals surface area contributed by atoms with Crippen molar-refractivity contribution in [2.75, 3.05) is 13.2 Å². The van der Waals surface area contributed by atoms with Gasteiger partial charge in [0.25, 0.3) is 0 Å². The average Bonchev–Trinajstić information content (AvgIpc) is 2.12. The minimum Gasteiger partial charge on any atom is -0.480 e. The maximum Gasteiger partial charge on any atom is 0.322 e. The van der Waals surface area contributed by atoms with Crippen LogP contribution in [0.4, 0.5) is 0 Å². The molecule has 0 fully saturated rings. The van der Waals surface area contributed by atoms with E-state index in [-0.39, 0.29) is 6.61 Å². The Morgan fingerprint density at radius 3 is 2.29 bits per heavy atom. The molecule has 0 saturated heterocycles. The lowest BCUT2D eigenvalue weighted by atomic mass is 9.87. The summed E-state index contributed by atoms with van der Waals surface area (Å²) in [5.41, 5.74) is -0.984. The van der Waals surface area contributed by atoms with E-state index in [2.05, 4.69) is 0 Å². The number of aliphatic hydroxyl groups excluding tert-OH is 2. The Hall–Kier alpha value is -1.14. The smallest absolute Gasteiger partial charge is 0.322 e. The molecule has 1 amide bonds. The number of aliphatic hydroxyl groups is 2. The normalized spacial score (nSPS) is 13.4. The molecule has 6 heteroatoms. The van der Waals surface area contributed by atoms with E-state index in [0.717, 1.165) is 0 Å². The van der Waals surface area contributed by atoms with Crippen LogP contribution in [0, 0.1) is 5.41 Å². The summed E-state index contributed by atoms with van der Waals surface area (Å²) in [4.78, 5) is 21.2. The number of hydrogen-bond acceptors (Lipinski definition) is 4. The zero-order valence-electron chi connectivity index (χ0n) is 8.15. The lowest BCUT2D eigenvalue weighted by Crippen LogP contribution is -2.46. The van der Waals surface area contributed by atoms with Crippen molar-refractivity contribution in [3.05, 3.63) is 0 Å². The summed E-state index contributed by atoms with van der Waals surface area (Å²) in [6.45, 7) is 2.09. The monoisotopic (exact) mass is 205 g/mol. The van der Waals surface area contributed by atoms with Crippen molar-refractivity contribution in [3.8, 4) is 0 Å². The summed E-state index contributed by atoms with van der Waals surface area (Å²) in [7, 11) is 0. The van der Waals surface area contributed by atoms with Gasteiger partial charge < -0.3 is 20.6 Å². The molecule has 0 aliphatic heterocycles. The Bertz CT molecular complexity index is 226. The molecule has 0 aliphatic carbocycles. The molecule has 0 aliphatic rings. The van der Waals surface area contributed by atoms with Gasteiger partial charge in [-0.05, 0) is 0 Å². The first kappa shape index (κ1) is 12.9. The number of carbonyl (C=O) groups is 2. The van der Waals surface area contributed by atoms with E-state index >= 15 is 0 Å². The molecule has 4 N–H and O–H groups in total. The van der Waals surface area contributed by atoms with Crippen molar-refractivity contribution in [3.63, 3.8) is 0 Å². The fourth-order valence-corrected chi connectivity index (χ4v) is 0.701. The zero-order valence-corrected chi connectivity index (χ0v) is 8.15. The summed E-state index contributed by atoms with van der Waals surface area (Å²) in [6, 6.07) is 0. The fourth-order valence-electron chi connectivity index (χ4n) is 0.701. The van der Waals surface area contributed by atoms with E-state index in [1.54, 1.807) is 0 Å². The Balaban J connectivity index is 4.19. The van der Waals surface area contributed by atoms with Gasteiger partial charge in [-0.25, -0.2) is 0 Å². The van der Waals surface area contributed by atoms with Gasteiger partial charge in [0.2, 0.25) is 5.91 Å². The van der Waals surface area contributed by atoms with Crippen LogP contribution in [0.25, 0.3) is 0 Å². The first-order chi connectivity index (χ1) is 6.31. The number of nitrogens with one attached hydrogen (secondary N) is 1. The fraction of sp³-hybridized carbons (Fsp3) is 0.750. The second kappa shape index (κ2) is 4.92. The van der Waals surface area contributed by atoms with E-state index in [4.69, 9.17) is 10.2 Å². The van der Waals surface area contributed by atoms with E-state index < -0.39 is 29.9 Å². The topological polar surface area (TPSA) is 107 Å². The Labute approximate surface area is 81.5 Å². The Morgan fingerprint density at radius 1 is 1.43 bits per heavy atom. The van der Waals surface area contributed by atoms with Crippen molar-refractivity contribution in [2.45, 2.75) is 20.0 Å². The standard InChI is InChI=1S/C8H15NO5/c1-8(2,4-10)6(13)7(14)9-3-5(11)12/h6,10,13H,3-4H2,1-2H3,(H,9,14)(H,11,12)/t6-/m0/s1. The van der Waals surface area contributed by atoms with E-state index in [0.29, 0.717) is 0 Å². The summed E-state index contributed by atoms with van der Waals surface area (Å²) >= 11 is 0. The van der Waals surface area contributed by atoms with Crippen LogP contribution in [0.15, 0.2) is 0 Å². The van der Waals surface area contributed by atoms with Crippen molar-refractivity contribution in [1.82, 2.24) is 5.32 Å². The summed E-state index contributed by atoms with van der Waals surface area (Å²) in [6.07, 6.45) is -1.42. The molecule has 0 aromatic heterocycles. The third kappa shape index (κ3) is 3.71. The highest BCUT2D eigenvalue weighted by Crippen LogP contribution is 2.19. The van der Waals surface area contributed by atoms with Crippen LogP contribution in [0.5, 0.6) is 0 Å². The highest BCUT2D eigenvalue weighted by atomic mass is 16.4. The number of amides is 1. The van der Waals surface area contributed by atoms with Gasteiger partial charge in [0.15, 0.2) is 0 Å². The number of aliphatic carboxylic acids is 1. The Kier molecular flexibility index (Phi) is 4.52. The molecule has 82 valence electrons. The van der Waals surface area contributed by atoms with Crippen LogP contribution in [0.1, 0.15) is 13.8 Å². The average molecular weight is 205 g/mol. The maximum absolute atomic E-state index is 11.1. The largest absolute Gasteiger partial charge is 0.480 e. The highest BCUT2D eigenvalue weighted by Gasteiger charge is 2.32. The first-order valence-electron chi connectivity index (χ1n) is 4.09. The van der Waals surface area contributed by atoms with Crippen LogP contribution in [-0.4, -0.2) is 46.5 Å². The van der Waals surface area contributed by atoms with Gasteiger partial charge in [-0.2, -0.15) is 0 Å². The van der Waals surface area contributed by atoms with Crippen molar-refractivity contribution >= 4 is 11.9 Å². The van der Waals surface area contributed by atoms with E-state index in [9.17, 15) is 14.7 Å². The quantitative estimate of drug-likeness (QED) is 0.440. The number of carbonyl (C=O) groups excluding carboxylic acids is 1. The van der Waals surface area contributed by atoms with Gasteiger partial charge >= 0.3 is 5.97 Å². The lowest BCUT2D eigenvalue weighted by molar-refractivity contribution is -0.142. The second-order valence-electron chi connectivity index (χ2n) is 3.66. The van der Waals surface area contributed by atoms with Crippen LogP contribution < -0.4 is 5.32 Å². The first-order valence-corrected chi connectivity index (χ1v) is 4.09. The molecule has 0 unspecified atom stereocenters. The number of carboxylic acid groups (broad SMARTS) is 1. The third-order valence-electron chi connectivity index (χ3n) is 1.81. The van der Waals surface area contributed by atoms with Crippen LogP contribution in [-0.2, 0) is 9.59 Å². The lowest BCUT2D eigenvalue weighted by Gasteiger charge is -2.26. The summed E-state index contributed by atoms with van der Waals surface area (Å²) < 4.78 is 0. The molecule has 0 heterocycles. The van der Waals surface area contributed by atoms with Crippen LogP contribution in [0.3, 0.4) is 0 Å². The van der Waals surface area contributed by atoms with E-state index in [1.807, 2.05) is 5.32 Å². The van der Waals surface area contributed by atoms with Gasteiger partial charge in [0, 0.05) is 5.41 Å². The Morgan fingerprint density at radius 2 is 1.93 bits per heavy atom. The van der Waals surface area contributed by atoms with Gasteiger partial charge in [-0.3, -0.25) is 9.59 Å². The molecule has 14 heavy (non-hydrogen) atoms. The van der Waals surface area contributed by atoms with Crippen LogP contribution >= 0.6 is 0 Å². The highest BCUT2D eigenvalue weighted by molar-refractivity contribution is 5.84. The molecule has 0 radical (unpaired) electrons. The van der Waals surface area contributed by atoms with Crippen molar-refractivity contribution in [1.29, 1.82) is 0 Å². The number of carboxylic acids is 1. The molecule has 0 aromatic carbocycles. The minimum absolute atomic E-state index is 0.366.